The lowest BCUT2D eigenvalue weighted by Crippen LogP contribution is -2.01. The largest absolute Gasteiger partial charge is 0.508 e. The zero-order chi connectivity index (χ0) is 14.8. The topological polar surface area (TPSA) is 94.8 Å². The Hall–Kier alpha value is -1.94. The van der Waals surface area contributed by atoms with Gasteiger partial charge in [0, 0.05) is 11.1 Å². The molecular formula is C14H13O5P. The molecule has 5 nitrogen and oxygen atoms in total. The number of aromatic hydroxyl groups is 1. The molecule has 0 amide bonds. The van der Waals surface area contributed by atoms with Gasteiger partial charge < -0.3 is 14.9 Å². The molecule has 20 heavy (non-hydrogen) atoms. The SMILES string of the molecule is O=C(c1ccc(O)cc1)c1ccc(CP(=O)(O)O)cc1. The van der Waals surface area contributed by atoms with E-state index in [1.165, 1.54) is 48.5 Å². The van der Waals surface area contributed by atoms with E-state index in [1.54, 1.807) is 0 Å². The smallest absolute Gasteiger partial charge is 0.329 e. The van der Waals surface area contributed by atoms with Crippen LogP contribution in [0.1, 0.15) is 21.5 Å². The highest BCUT2D eigenvalue weighted by molar-refractivity contribution is 7.50. The van der Waals surface area contributed by atoms with Crippen LogP contribution in [0.2, 0.25) is 0 Å². The maximum atomic E-state index is 12.1. The van der Waals surface area contributed by atoms with E-state index in [0.717, 1.165) is 0 Å². The quantitative estimate of drug-likeness (QED) is 0.593. The summed E-state index contributed by atoms with van der Waals surface area (Å²) in [5.74, 6) is -0.133. The maximum absolute atomic E-state index is 12.1. The van der Waals surface area contributed by atoms with Gasteiger partial charge in [-0.2, -0.15) is 0 Å². The number of carbonyl (C=O) groups is 1. The van der Waals surface area contributed by atoms with E-state index in [1.807, 2.05) is 0 Å². The summed E-state index contributed by atoms with van der Waals surface area (Å²) in [5.41, 5.74) is 1.33. The number of hydrogen-bond donors (Lipinski definition) is 3. The number of rotatable bonds is 4. The molecule has 104 valence electrons. The maximum Gasteiger partial charge on any atom is 0.329 e. The highest BCUT2D eigenvalue weighted by Crippen LogP contribution is 2.38. The van der Waals surface area contributed by atoms with Crippen molar-refractivity contribution in [2.45, 2.75) is 6.16 Å². The molecule has 2 rings (SSSR count). The Morgan fingerprint density at radius 3 is 1.80 bits per heavy atom. The van der Waals surface area contributed by atoms with Crippen LogP contribution in [-0.4, -0.2) is 20.7 Å². The van der Waals surface area contributed by atoms with E-state index < -0.39 is 7.60 Å². The van der Waals surface area contributed by atoms with Gasteiger partial charge in [0.15, 0.2) is 5.78 Å². The lowest BCUT2D eigenvalue weighted by molar-refractivity contribution is 0.103. The van der Waals surface area contributed by atoms with Gasteiger partial charge in [0.1, 0.15) is 5.75 Å². The highest BCUT2D eigenvalue weighted by Gasteiger charge is 2.14. The molecule has 6 heteroatoms. The molecule has 0 heterocycles. The molecule has 0 unspecified atom stereocenters. The second-order valence-electron chi connectivity index (χ2n) is 4.40. The second-order valence-corrected chi connectivity index (χ2v) is 6.04. The number of hydrogen-bond acceptors (Lipinski definition) is 3. The Kier molecular flexibility index (Phi) is 4.04. The number of benzene rings is 2. The van der Waals surface area contributed by atoms with Crippen LogP contribution in [-0.2, 0) is 10.7 Å². The Morgan fingerprint density at radius 2 is 1.35 bits per heavy atom. The molecule has 2 aromatic carbocycles. The Bertz CT molecular complexity index is 655. The van der Waals surface area contributed by atoms with Gasteiger partial charge in [-0.3, -0.25) is 9.36 Å². The molecule has 0 saturated carbocycles. The highest BCUT2D eigenvalue weighted by atomic mass is 31.2. The molecule has 0 aliphatic carbocycles. The van der Waals surface area contributed by atoms with Crippen molar-refractivity contribution < 1.29 is 24.3 Å². The van der Waals surface area contributed by atoms with Crippen molar-refractivity contribution >= 4 is 13.4 Å². The molecule has 0 saturated heterocycles. The van der Waals surface area contributed by atoms with Gasteiger partial charge in [0.25, 0.3) is 0 Å². The van der Waals surface area contributed by atoms with Crippen LogP contribution in [0.4, 0.5) is 0 Å². The first-order chi connectivity index (χ1) is 9.35. The molecule has 0 atom stereocenters. The van der Waals surface area contributed by atoms with Crippen LogP contribution in [0.3, 0.4) is 0 Å². The third kappa shape index (κ3) is 3.78. The van der Waals surface area contributed by atoms with Crippen molar-refractivity contribution in [1.82, 2.24) is 0 Å². The van der Waals surface area contributed by atoms with E-state index in [0.29, 0.717) is 16.7 Å². The summed E-state index contributed by atoms with van der Waals surface area (Å²) in [6.45, 7) is 0. The first-order valence-electron chi connectivity index (χ1n) is 5.82. The second kappa shape index (κ2) is 5.59. The summed E-state index contributed by atoms with van der Waals surface area (Å²) in [6, 6.07) is 12.0. The predicted molar refractivity (Wildman–Crippen MR) is 73.7 cm³/mol. The van der Waals surface area contributed by atoms with Crippen LogP contribution in [0, 0.1) is 0 Å². The molecule has 0 radical (unpaired) electrons. The van der Waals surface area contributed by atoms with Crippen molar-refractivity contribution in [3.05, 3.63) is 65.2 Å². The summed E-state index contributed by atoms with van der Waals surface area (Å²) in [6.07, 6.45) is -0.347. The fourth-order valence-electron chi connectivity index (χ4n) is 1.78. The van der Waals surface area contributed by atoms with Gasteiger partial charge in [-0.25, -0.2) is 0 Å². The van der Waals surface area contributed by atoms with E-state index in [4.69, 9.17) is 14.9 Å². The lowest BCUT2D eigenvalue weighted by Gasteiger charge is -2.05. The summed E-state index contributed by atoms with van der Waals surface area (Å²) in [4.78, 5) is 29.9. The third-order valence-electron chi connectivity index (χ3n) is 2.73. The van der Waals surface area contributed by atoms with Crippen molar-refractivity contribution in [3.8, 4) is 5.75 Å². The number of phenolic OH excluding ortho intramolecular Hbond substituents is 1. The molecule has 0 aliphatic heterocycles. The van der Waals surface area contributed by atoms with Crippen LogP contribution in [0.15, 0.2) is 48.5 Å². The molecule has 2 aromatic rings. The summed E-state index contributed by atoms with van der Waals surface area (Å²) in [7, 11) is -4.10. The minimum absolute atomic E-state index is 0.0820. The Morgan fingerprint density at radius 1 is 0.900 bits per heavy atom. The number of phenols is 1. The van der Waals surface area contributed by atoms with Crippen LogP contribution >= 0.6 is 7.60 Å². The average molecular weight is 292 g/mol. The molecular weight excluding hydrogens is 279 g/mol. The molecule has 0 aromatic heterocycles. The van der Waals surface area contributed by atoms with Crippen LogP contribution in [0.5, 0.6) is 5.75 Å². The van der Waals surface area contributed by atoms with Gasteiger partial charge in [-0.15, -0.1) is 0 Å². The normalized spacial score (nSPS) is 11.3. The van der Waals surface area contributed by atoms with Crippen molar-refractivity contribution in [1.29, 1.82) is 0 Å². The van der Waals surface area contributed by atoms with Crippen molar-refractivity contribution in [3.63, 3.8) is 0 Å². The van der Waals surface area contributed by atoms with E-state index in [9.17, 15) is 9.36 Å². The fraction of sp³-hybridized carbons (Fsp3) is 0.0714. The summed E-state index contributed by atoms with van der Waals surface area (Å²) < 4.78 is 10.9. The van der Waals surface area contributed by atoms with E-state index >= 15 is 0 Å². The van der Waals surface area contributed by atoms with Crippen molar-refractivity contribution in [2.24, 2.45) is 0 Å². The third-order valence-corrected chi connectivity index (χ3v) is 3.51. The Labute approximate surface area is 115 Å². The monoisotopic (exact) mass is 292 g/mol. The summed E-state index contributed by atoms with van der Waals surface area (Å²) >= 11 is 0. The standard InChI is InChI=1S/C14H13O5P/c15-13-7-5-12(6-8-13)14(16)11-3-1-10(2-4-11)9-20(17,18)19/h1-8,15H,9H2,(H2,17,18,19). The molecule has 0 aliphatic rings. The summed E-state index contributed by atoms with van der Waals surface area (Å²) in [5, 5.41) is 9.17. The zero-order valence-corrected chi connectivity index (χ0v) is 11.3. The Balaban J connectivity index is 2.19. The van der Waals surface area contributed by atoms with Crippen molar-refractivity contribution in [2.75, 3.05) is 0 Å². The van der Waals surface area contributed by atoms with Gasteiger partial charge in [0.2, 0.25) is 0 Å². The number of carbonyl (C=O) groups excluding carboxylic acids is 1. The minimum atomic E-state index is -4.10. The molecule has 0 bridgehead atoms. The van der Waals surface area contributed by atoms with Gasteiger partial charge in [-0.05, 0) is 29.8 Å². The zero-order valence-electron chi connectivity index (χ0n) is 10.4. The molecule has 3 N–H and O–H groups in total. The first-order valence-corrected chi connectivity index (χ1v) is 7.62. The van der Waals surface area contributed by atoms with Crippen LogP contribution in [0.25, 0.3) is 0 Å². The fourth-order valence-corrected chi connectivity index (χ4v) is 2.47. The predicted octanol–water partition coefficient (Wildman–Crippen LogP) is 2.30. The minimum Gasteiger partial charge on any atom is -0.508 e. The average Bonchev–Trinajstić information content (AvgIpc) is 2.38. The van der Waals surface area contributed by atoms with Crippen LogP contribution < -0.4 is 0 Å². The first kappa shape index (κ1) is 14.5. The van der Waals surface area contributed by atoms with E-state index in [-0.39, 0.29) is 17.7 Å². The van der Waals surface area contributed by atoms with Gasteiger partial charge in [-0.1, -0.05) is 24.3 Å². The van der Waals surface area contributed by atoms with E-state index in [2.05, 4.69) is 0 Å². The molecule has 0 spiro atoms. The van der Waals surface area contributed by atoms with Gasteiger partial charge in [0.05, 0.1) is 6.16 Å². The van der Waals surface area contributed by atoms with Gasteiger partial charge >= 0.3 is 7.60 Å². The number of ketones is 1. The molecule has 0 fully saturated rings. The lowest BCUT2D eigenvalue weighted by atomic mass is 10.0.